The number of para-hydroxylation sites is 1. The number of rotatable bonds is 3. The van der Waals surface area contributed by atoms with Gasteiger partial charge in [-0.05, 0) is 24.6 Å². The highest BCUT2D eigenvalue weighted by Crippen LogP contribution is 2.29. The average molecular weight is 266 g/mol. The predicted octanol–water partition coefficient (Wildman–Crippen LogP) is 3.79. The van der Waals surface area contributed by atoms with Crippen molar-refractivity contribution < 1.29 is 9.15 Å². The van der Waals surface area contributed by atoms with Crippen LogP contribution in [-0.2, 0) is 0 Å². The lowest BCUT2D eigenvalue weighted by atomic mass is 10.0. The maximum Gasteiger partial charge on any atom is 0.229 e. The third kappa shape index (κ3) is 2.16. The van der Waals surface area contributed by atoms with E-state index in [1.807, 2.05) is 37.3 Å². The molecule has 3 aromatic rings. The molecule has 0 saturated heterocycles. The Morgan fingerprint density at radius 2 is 2.15 bits per heavy atom. The first-order valence-corrected chi connectivity index (χ1v) is 6.28. The van der Waals surface area contributed by atoms with E-state index < -0.39 is 0 Å². The van der Waals surface area contributed by atoms with Crippen LogP contribution in [-0.4, -0.2) is 17.1 Å². The zero-order valence-electron chi connectivity index (χ0n) is 11.3. The molecule has 0 spiro atoms. The second kappa shape index (κ2) is 5.17. The van der Waals surface area contributed by atoms with Gasteiger partial charge in [0, 0.05) is 17.3 Å². The standard InChI is InChI=1S/C16H14N2O2/c1-11(13-5-3-4-6-15(13)19-2)7-12-9-20-16-14(12)8-17-10-18-16/h3-10H,1-2H3/b11-7+. The number of furan rings is 1. The number of hydrogen-bond acceptors (Lipinski definition) is 4. The molecule has 0 aliphatic heterocycles. The number of methoxy groups -OCH3 is 1. The van der Waals surface area contributed by atoms with Crippen LogP contribution in [0.5, 0.6) is 5.75 Å². The Bertz CT molecular complexity index is 775. The molecule has 0 aliphatic rings. The van der Waals surface area contributed by atoms with Gasteiger partial charge in [-0.3, -0.25) is 0 Å². The van der Waals surface area contributed by atoms with Gasteiger partial charge in [-0.1, -0.05) is 18.2 Å². The second-order valence-electron chi connectivity index (χ2n) is 4.46. The van der Waals surface area contributed by atoms with E-state index in [9.17, 15) is 0 Å². The summed E-state index contributed by atoms with van der Waals surface area (Å²) in [5, 5.41) is 0.904. The average Bonchev–Trinajstić information content (AvgIpc) is 2.90. The molecule has 0 fully saturated rings. The molecule has 3 rings (SSSR count). The van der Waals surface area contributed by atoms with Crippen LogP contribution in [0.2, 0.25) is 0 Å². The predicted molar refractivity (Wildman–Crippen MR) is 78.3 cm³/mol. The maximum absolute atomic E-state index is 5.42. The van der Waals surface area contributed by atoms with Crippen LogP contribution < -0.4 is 4.74 Å². The first-order chi connectivity index (χ1) is 9.79. The summed E-state index contributed by atoms with van der Waals surface area (Å²) >= 11 is 0. The Hall–Kier alpha value is -2.62. The fraction of sp³-hybridized carbons (Fsp3) is 0.125. The maximum atomic E-state index is 5.42. The normalized spacial score (nSPS) is 11.8. The Labute approximate surface area is 116 Å². The van der Waals surface area contributed by atoms with E-state index in [0.29, 0.717) is 5.71 Å². The lowest BCUT2D eigenvalue weighted by Gasteiger charge is -2.08. The van der Waals surface area contributed by atoms with Crippen molar-refractivity contribution in [2.75, 3.05) is 7.11 Å². The molecule has 0 unspecified atom stereocenters. The lowest BCUT2D eigenvalue weighted by molar-refractivity contribution is 0.413. The van der Waals surface area contributed by atoms with Crippen molar-refractivity contribution >= 4 is 22.7 Å². The van der Waals surface area contributed by atoms with Crippen LogP contribution in [0.25, 0.3) is 22.7 Å². The zero-order valence-corrected chi connectivity index (χ0v) is 11.3. The summed E-state index contributed by atoms with van der Waals surface area (Å²) in [4.78, 5) is 8.12. The number of fused-ring (bicyclic) bond motifs is 1. The van der Waals surface area contributed by atoms with Gasteiger partial charge in [0.1, 0.15) is 18.3 Å². The first kappa shape index (κ1) is 12.4. The van der Waals surface area contributed by atoms with Crippen molar-refractivity contribution in [1.82, 2.24) is 9.97 Å². The third-order valence-corrected chi connectivity index (χ3v) is 3.19. The summed E-state index contributed by atoms with van der Waals surface area (Å²) in [6.45, 7) is 2.04. The SMILES string of the molecule is COc1ccccc1/C(C)=C/c1coc2ncncc12. The topological polar surface area (TPSA) is 48.2 Å². The van der Waals surface area contributed by atoms with Crippen LogP contribution in [0.3, 0.4) is 0 Å². The minimum atomic E-state index is 0.596. The molecule has 0 saturated carbocycles. The monoisotopic (exact) mass is 266 g/mol. The van der Waals surface area contributed by atoms with Gasteiger partial charge < -0.3 is 9.15 Å². The van der Waals surface area contributed by atoms with Crippen molar-refractivity contribution in [3.8, 4) is 5.75 Å². The fourth-order valence-corrected chi connectivity index (χ4v) is 2.19. The Kier molecular flexibility index (Phi) is 3.21. The van der Waals surface area contributed by atoms with E-state index >= 15 is 0 Å². The molecule has 0 amide bonds. The minimum Gasteiger partial charge on any atom is -0.496 e. The molecule has 0 radical (unpaired) electrons. The second-order valence-corrected chi connectivity index (χ2v) is 4.46. The van der Waals surface area contributed by atoms with Gasteiger partial charge in [-0.15, -0.1) is 0 Å². The van der Waals surface area contributed by atoms with Gasteiger partial charge >= 0.3 is 0 Å². The molecular formula is C16H14N2O2. The van der Waals surface area contributed by atoms with E-state index in [2.05, 4.69) is 9.97 Å². The van der Waals surface area contributed by atoms with Gasteiger partial charge in [0.05, 0.1) is 12.5 Å². The molecule has 20 heavy (non-hydrogen) atoms. The summed E-state index contributed by atoms with van der Waals surface area (Å²) in [5.74, 6) is 0.852. The first-order valence-electron chi connectivity index (χ1n) is 6.28. The fourth-order valence-electron chi connectivity index (χ4n) is 2.19. The summed E-state index contributed by atoms with van der Waals surface area (Å²) < 4.78 is 10.8. The minimum absolute atomic E-state index is 0.596. The van der Waals surface area contributed by atoms with Gasteiger partial charge in [0.25, 0.3) is 0 Å². The lowest BCUT2D eigenvalue weighted by Crippen LogP contribution is -1.89. The van der Waals surface area contributed by atoms with Crippen LogP contribution in [0.15, 0.2) is 47.5 Å². The molecule has 0 bridgehead atoms. The highest BCUT2D eigenvalue weighted by atomic mass is 16.5. The van der Waals surface area contributed by atoms with Crippen molar-refractivity contribution in [1.29, 1.82) is 0 Å². The number of hydrogen-bond donors (Lipinski definition) is 0. The van der Waals surface area contributed by atoms with E-state index in [-0.39, 0.29) is 0 Å². The summed E-state index contributed by atoms with van der Waals surface area (Å²) in [6.07, 6.45) is 6.98. The van der Waals surface area contributed by atoms with Gasteiger partial charge in [0.2, 0.25) is 5.71 Å². The number of aromatic nitrogens is 2. The van der Waals surface area contributed by atoms with Crippen molar-refractivity contribution in [3.05, 3.63) is 54.2 Å². The van der Waals surface area contributed by atoms with Crippen molar-refractivity contribution in [3.63, 3.8) is 0 Å². The quantitative estimate of drug-likeness (QED) is 0.723. The summed E-state index contributed by atoms with van der Waals surface area (Å²) in [5.41, 5.74) is 3.71. The number of ether oxygens (including phenoxy) is 1. The van der Waals surface area contributed by atoms with E-state index in [1.54, 1.807) is 19.6 Å². The third-order valence-electron chi connectivity index (χ3n) is 3.19. The Balaban J connectivity index is 2.07. The van der Waals surface area contributed by atoms with Gasteiger partial charge in [-0.25, -0.2) is 9.97 Å². The molecule has 0 atom stereocenters. The molecule has 0 aliphatic carbocycles. The summed E-state index contributed by atoms with van der Waals surface area (Å²) in [6, 6.07) is 7.93. The van der Waals surface area contributed by atoms with Crippen molar-refractivity contribution in [2.45, 2.75) is 6.92 Å². The van der Waals surface area contributed by atoms with Gasteiger partial charge in [0.15, 0.2) is 0 Å². The molecule has 2 heterocycles. The van der Waals surface area contributed by atoms with Gasteiger partial charge in [-0.2, -0.15) is 0 Å². The molecule has 100 valence electrons. The summed E-state index contributed by atoms with van der Waals surface area (Å²) in [7, 11) is 1.67. The molecule has 4 heteroatoms. The van der Waals surface area contributed by atoms with E-state index in [4.69, 9.17) is 9.15 Å². The molecular weight excluding hydrogens is 252 g/mol. The number of nitrogens with zero attached hydrogens (tertiary/aromatic N) is 2. The van der Waals surface area contributed by atoms with E-state index in [1.165, 1.54) is 6.33 Å². The molecule has 0 N–H and O–H groups in total. The van der Waals surface area contributed by atoms with E-state index in [0.717, 1.165) is 27.8 Å². The van der Waals surface area contributed by atoms with Crippen LogP contribution in [0.4, 0.5) is 0 Å². The smallest absolute Gasteiger partial charge is 0.229 e. The number of benzene rings is 1. The zero-order chi connectivity index (χ0) is 13.9. The van der Waals surface area contributed by atoms with Crippen molar-refractivity contribution in [2.24, 2.45) is 0 Å². The Morgan fingerprint density at radius 1 is 1.30 bits per heavy atom. The number of allylic oxidation sites excluding steroid dienone is 1. The van der Waals surface area contributed by atoms with Crippen LogP contribution >= 0.6 is 0 Å². The highest BCUT2D eigenvalue weighted by Gasteiger charge is 2.07. The van der Waals surface area contributed by atoms with Crippen LogP contribution in [0.1, 0.15) is 18.1 Å². The molecule has 1 aromatic carbocycles. The van der Waals surface area contributed by atoms with Crippen LogP contribution in [0, 0.1) is 0 Å². The largest absolute Gasteiger partial charge is 0.496 e. The highest BCUT2D eigenvalue weighted by molar-refractivity contribution is 5.91. The Morgan fingerprint density at radius 3 is 3.00 bits per heavy atom. The molecule has 2 aromatic heterocycles. The molecule has 4 nitrogen and oxygen atoms in total.